The molecule has 1 radical (unpaired) electrons. The van der Waals surface area contributed by atoms with Crippen molar-refractivity contribution < 1.29 is 15.0 Å². The van der Waals surface area contributed by atoms with Crippen LogP contribution in [0.5, 0.6) is 0 Å². The maximum absolute atomic E-state index is 9.61. The van der Waals surface area contributed by atoms with Gasteiger partial charge in [0, 0.05) is 6.42 Å². The molecule has 0 aromatic heterocycles. The first-order valence-electron chi connectivity index (χ1n) is 2.89. The number of aliphatic hydroxyl groups is 2. The van der Waals surface area contributed by atoms with E-state index in [4.69, 9.17) is 10.2 Å². The molecular weight excluding hydrogens is 120 g/mol. The topological polar surface area (TPSA) is 57.5 Å². The van der Waals surface area contributed by atoms with Gasteiger partial charge in [0.05, 0.1) is 12.2 Å². The van der Waals surface area contributed by atoms with Crippen molar-refractivity contribution in [3.63, 3.8) is 0 Å². The first kappa shape index (κ1) is 8.59. The average molecular weight is 131 g/mol. The van der Waals surface area contributed by atoms with Crippen LogP contribution in [0.15, 0.2) is 0 Å². The standard InChI is InChI=1S/C6H11O3/c1-5(8)6(9)3-2-4-7/h5-6,8-9H,2-3H2,1H3. The van der Waals surface area contributed by atoms with Gasteiger partial charge in [0.2, 0.25) is 0 Å². The fourth-order valence-corrected chi connectivity index (χ4v) is 0.448. The Morgan fingerprint density at radius 3 is 2.44 bits per heavy atom. The van der Waals surface area contributed by atoms with Crippen LogP contribution in [-0.4, -0.2) is 28.7 Å². The molecule has 2 atom stereocenters. The van der Waals surface area contributed by atoms with Gasteiger partial charge >= 0.3 is 0 Å². The number of hydrogen-bond acceptors (Lipinski definition) is 3. The van der Waals surface area contributed by atoms with Crippen molar-refractivity contribution in [2.75, 3.05) is 0 Å². The predicted molar refractivity (Wildman–Crippen MR) is 32.6 cm³/mol. The third kappa shape index (κ3) is 4.12. The summed E-state index contributed by atoms with van der Waals surface area (Å²) in [7, 11) is 0. The Morgan fingerprint density at radius 2 is 2.11 bits per heavy atom. The molecule has 2 N–H and O–H groups in total. The van der Waals surface area contributed by atoms with Crippen molar-refractivity contribution in [3.8, 4) is 0 Å². The lowest BCUT2D eigenvalue weighted by Crippen LogP contribution is -2.22. The van der Waals surface area contributed by atoms with E-state index in [2.05, 4.69) is 0 Å². The molecule has 53 valence electrons. The van der Waals surface area contributed by atoms with Gasteiger partial charge in [0.25, 0.3) is 0 Å². The minimum absolute atomic E-state index is 0.187. The highest BCUT2D eigenvalue weighted by molar-refractivity contribution is 5.50. The summed E-state index contributed by atoms with van der Waals surface area (Å²) in [5.74, 6) is 0. The van der Waals surface area contributed by atoms with Crippen LogP contribution in [0.1, 0.15) is 19.8 Å². The van der Waals surface area contributed by atoms with Crippen molar-refractivity contribution in [1.82, 2.24) is 0 Å². The molecule has 0 aliphatic carbocycles. The predicted octanol–water partition coefficient (Wildman–Crippen LogP) is -0.382. The molecule has 2 unspecified atom stereocenters. The maximum Gasteiger partial charge on any atom is 0.198 e. The summed E-state index contributed by atoms with van der Waals surface area (Å²) >= 11 is 0. The molecule has 0 fully saturated rings. The van der Waals surface area contributed by atoms with E-state index in [0.29, 0.717) is 6.42 Å². The number of rotatable bonds is 4. The van der Waals surface area contributed by atoms with E-state index in [-0.39, 0.29) is 6.42 Å². The zero-order chi connectivity index (χ0) is 7.28. The summed E-state index contributed by atoms with van der Waals surface area (Å²) in [5.41, 5.74) is 0. The molecule has 0 saturated heterocycles. The normalized spacial score (nSPS) is 16.8. The Morgan fingerprint density at radius 1 is 1.56 bits per heavy atom. The molecule has 9 heavy (non-hydrogen) atoms. The molecular formula is C6H11O3. The number of aliphatic hydroxyl groups excluding tert-OH is 2. The van der Waals surface area contributed by atoms with Gasteiger partial charge in [-0.2, -0.15) is 0 Å². The van der Waals surface area contributed by atoms with Crippen LogP contribution in [0, 0.1) is 0 Å². The molecule has 0 bridgehead atoms. The van der Waals surface area contributed by atoms with Gasteiger partial charge in [-0.3, -0.25) is 4.79 Å². The van der Waals surface area contributed by atoms with Crippen LogP contribution in [0.3, 0.4) is 0 Å². The van der Waals surface area contributed by atoms with Gasteiger partial charge < -0.3 is 10.2 Å². The van der Waals surface area contributed by atoms with Crippen LogP contribution >= 0.6 is 0 Å². The summed E-state index contributed by atoms with van der Waals surface area (Å²) in [6.07, 6.45) is 0.575. The first-order chi connectivity index (χ1) is 4.18. The van der Waals surface area contributed by atoms with Crippen molar-refractivity contribution in [3.05, 3.63) is 0 Å². The van der Waals surface area contributed by atoms with E-state index in [9.17, 15) is 4.79 Å². The summed E-state index contributed by atoms with van der Waals surface area (Å²) < 4.78 is 0. The lowest BCUT2D eigenvalue weighted by atomic mass is 10.1. The Kier molecular flexibility index (Phi) is 4.26. The zero-order valence-electron chi connectivity index (χ0n) is 5.37. The maximum atomic E-state index is 9.61. The Labute approximate surface area is 54.3 Å². The van der Waals surface area contributed by atoms with Crippen molar-refractivity contribution in [2.24, 2.45) is 0 Å². The van der Waals surface area contributed by atoms with E-state index < -0.39 is 12.2 Å². The zero-order valence-corrected chi connectivity index (χ0v) is 5.37. The molecule has 3 heteroatoms. The summed E-state index contributed by atoms with van der Waals surface area (Å²) in [6.45, 7) is 1.48. The first-order valence-corrected chi connectivity index (χ1v) is 2.89. The quantitative estimate of drug-likeness (QED) is 0.546. The number of hydrogen-bond donors (Lipinski definition) is 2. The highest BCUT2D eigenvalue weighted by Gasteiger charge is 2.08. The van der Waals surface area contributed by atoms with E-state index in [1.165, 1.54) is 6.92 Å². The van der Waals surface area contributed by atoms with E-state index in [0.717, 1.165) is 0 Å². The second-order valence-electron chi connectivity index (χ2n) is 1.99. The van der Waals surface area contributed by atoms with Gasteiger partial charge in [-0.1, -0.05) is 0 Å². The minimum Gasteiger partial charge on any atom is -0.391 e. The van der Waals surface area contributed by atoms with Crippen molar-refractivity contribution >= 4 is 6.29 Å². The lowest BCUT2D eigenvalue weighted by molar-refractivity contribution is 0.0275. The van der Waals surface area contributed by atoms with E-state index >= 15 is 0 Å². The second kappa shape index (κ2) is 4.47. The van der Waals surface area contributed by atoms with Crippen molar-refractivity contribution in [2.45, 2.75) is 32.0 Å². The minimum atomic E-state index is -0.786. The molecule has 0 spiro atoms. The average Bonchev–Trinajstić information content (AvgIpc) is 1.82. The van der Waals surface area contributed by atoms with Gasteiger partial charge in [-0.15, -0.1) is 0 Å². The molecule has 0 heterocycles. The van der Waals surface area contributed by atoms with Gasteiger partial charge in [0.1, 0.15) is 0 Å². The van der Waals surface area contributed by atoms with E-state index in [1.807, 2.05) is 0 Å². The SMILES string of the molecule is CC(O)C(O)CC[C]=O. The Balaban J connectivity index is 3.26. The third-order valence-corrected chi connectivity index (χ3v) is 1.10. The summed E-state index contributed by atoms with van der Waals surface area (Å²) in [6, 6.07) is 0. The van der Waals surface area contributed by atoms with Crippen LogP contribution in [0.2, 0.25) is 0 Å². The molecule has 0 saturated carbocycles. The fraction of sp³-hybridized carbons (Fsp3) is 0.833. The molecule has 0 amide bonds. The van der Waals surface area contributed by atoms with Crippen LogP contribution in [-0.2, 0) is 4.79 Å². The summed E-state index contributed by atoms with van der Waals surface area (Å²) in [5, 5.41) is 17.5. The van der Waals surface area contributed by atoms with Crippen LogP contribution in [0.4, 0.5) is 0 Å². The molecule has 3 nitrogen and oxygen atoms in total. The van der Waals surface area contributed by atoms with Crippen LogP contribution < -0.4 is 0 Å². The molecule has 0 rings (SSSR count). The molecule has 0 aliphatic heterocycles. The Bertz CT molecular complexity index is 80.4. The van der Waals surface area contributed by atoms with Gasteiger partial charge in [-0.25, -0.2) is 0 Å². The highest BCUT2D eigenvalue weighted by atomic mass is 16.3. The van der Waals surface area contributed by atoms with Crippen LogP contribution in [0.25, 0.3) is 0 Å². The van der Waals surface area contributed by atoms with Crippen molar-refractivity contribution in [1.29, 1.82) is 0 Å². The largest absolute Gasteiger partial charge is 0.391 e. The third-order valence-electron chi connectivity index (χ3n) is 1.10. The lowest BCUT2D eigenvalue weighted by Gasteiger charge is -2.10. The fourth-order valence-electron chi connectivity index (χ4n) is 0.448. The highest BCUT2D eigenvalue weighted by Crippen LogP contribution is 1.99. The molecule has 0 aliphatic rings. The van der Waals surface area contributed by atoms with E-state index in [1.54, 1.807) is 6.29 Å². The Hall–Kier alpha value is -0.410. The monoisotopic (exact) mass is 131 g/mol. The molecule has 0 aromatic carbocycles. The smallest absolute Gasteiger partial charge is 0.198 e. The summed E-state index contributed by atoms with van der Waals surface area (Å²) in [4.78, 5) is 9.61. The van der Waals surface area contributed by atoms with Gasteiger partial charge in [0.15, 0.2) is 6.29 Å². The second-order valence-corrected chi connectivity index (χ2v) is 1.99. The van der Waals surface area contributed by atoms with Gasteiger partial charge in [-0.05, 0) is 13.3 Å². The molecule has 0 aromatic rings. The number of carbonyl (C=O) groups excluding carboxylic acids is 1.